The molecule has 3 nitrogen and oxygen atoms in total. The first-order valence-electron chi connectivity index (χ1n) is 3.32. The molecule has 66 valence electrons. The summed E-state index contributed by atoms with van der Waals surface area (Å²) in [5.41, 5.74) is 0. The van der Waals surface area contributed by atoms with Gasteiger partial charge >= 0.3 is 0 Å². The molecule has 0 atom stereocenters. The standard InChI is InChI=1S/C7H7ClFNO2/c1-2-12-6-4(11)3-10-7(8)5(6)9/h3,11H,2H2,1H3. The molecule has 1 N–H and O–H groups in total. The molecule has 1 aromatic rings. The van der Waals surface area contributed by atoms with Gasteiger partial charge in [-0.3, -0.25) is 0 Å². The van der Waals surface area contributed by atoms with E-state index in [2.05, 4.69) is 4.98 Å². The summed E-state index contributed by atoms with van der Waals surface area (Å²) in [7, 11) is 0. The highest BCUT2D eigenvalue weighted by Crippen LogP contribution is 2.31. The van der Waals surface area contributed by atoms with Gasteiger partial charge in [0.05, 0.1) is 12.8 Å². The summed E-state index contributed by atoms with van der Waals surface area (Å²) in [5, 5.41) is 8.75. The van der Waals surface area contributed by atoms with Crippen LogP contribution >= 0.6 is 11.6 Å². The second-order valence-corrected chi connectivity index (χ2v) is 2.37. The van der Waals surface area contributed by atoms with E-state index < -0.39 is 5.82 Å². The third kappa shape index (κ3) is 1.58. The second kappa shape index (κ2) is 3.58. The smallest absolute Gasteiger partial charge is 0.206 e. The van der Waals surface area contributed by atoms with Crippen molar-refractivity contribution in [3.63, 3.8) is 0 Å². The number of rotatable bonds is 2. The van der Waals surface area contributed by atoms with Gasteiger partial charge in [-0.25, -0.2) is 4.98 Å². The van der Waals surface area contributed by atoms with Crippen LogP contribution in [0.5, 0.6) is 11.5 Å². The number of aromatic nitrogens is 1. The first-order chi connectivity index (χ1) is 5.66. The molecule has 12 heavy (non-hydrogen) atoms. The van der Waals surface area contributed by atoms with Gasteiger partial charge < -0.3 is 9.84 Å². The summed E-state index contributed by atoms with van der Waals surface area (Å²) in [4.78, 5) is 3.38. The summed E-state index contributed by atoms with van der Waals surface area (Å²) < 4.78 is 17.8. The van der Waals surface area contributed by atoms with Crippen molar-refractivity contribution in [3.05, 3.63) is 17.2 Å². The Morgan fingerprint density at radius 3 is 3.00 bits per heavy atom. The second-order valence-electron chi connectivity index (χ2n) is 2.01. The molecule has 0 saturated heterocycles. The molecule has 0 saturated carbocycles. The molecule has 1 rings (SSSR count). The fourth-order valence-corrected chi connectivity index (χ4v) is 0.855. The topological polar surface area (TPSA) is 42.4 Å². The molecule has 0 fully saturated rings. The van der Waals surface area contributed by atoms with E-state index in [1.165, 1.54) is 0 Å². The Hall–Kier alpha value is -1.03. The lowest BCUT2D eigenvalue weighted by molar-refractivity contribution is 0.299. The average Bonchev–Trinajstić information content (AvgIpc) is 2.06. The van der Waals surface area contributed by atoms with Crippen LogP contribution in [-0.4, -0.2) is 16.7 Å². The molecule has 0 radical (unpaired) electrons. The van der Waals surface area contributed by atoms with Crippen LogP contribution in [0.1, 0.15) is 6.92 Å². The molecular weight excluding hydrogens is 185 g/mol. The Morgan fingerprint density at radius 1 is 1.75 bits per heavy atom. The highest BCUT2D eigenvalue weighted by Gasteiger charge is 2.13. The fraction of sp³-hybridized carbons (Fsp3) is 0.286. The SMILES string of the molecule is CCOc1c(O)cnc(Cl)c1F. The van der Waals surface area contributed by atoms with Crippen LogP contribution in [0.25, 0.3) is 0 Å². The number of nitrogens with zero attached hydrogens (tertiary/aromatic N) is 1. The molecule has 0 aromatic carbocycles. The van der Waals surface area contributed by atoms with Crippen LogP contribution in [0.15, 0.2) is 6.20 Å². The lowest BCUT2D eigenvalue weighted by Gasteiger charge is -2.06. The van der Waals surface area contributed by atoms with Crippen LogP contribution < -0.4 is 4.74 Å². The van der Waals surface area contributed by atoms with Crippen molar-refractivity contribution in [2.75, 3.05) is 6.61 Å². The molecule has 0 unspecified atom stereocenters. The highest BCUT2D eigenvalue weighted by atomic mass is 35.5. The van der Waals surface area contributed by atoms with E-state index >= 15 is 0 Å². The monoisotopic (exact) mass is 191 g/mol. The lowest BCUT2D eigenvalue weighted by Crippen LogP contribution is -1.96. The summed E-state index contributed by atoms with van der Waals surface area (Å²) in [6.07, 6.45) is 1.04. The normalized spacial score (nSPS) is 9.92. The van der Waals surface area contributed by atoms with Crippen LogP contribution in [0.2, 0.25) is 5.15 Å². The minimum absolute atomic E-state index is 0.252. The molecule has 1 aromatic heterocycles. The van der Waals surface area contributed by atoms with E-state index in [-0.39, 0.29) is 23.3 Å². The fourth-order valence-electron chi connectivity index (χ4n) is 0.721. The Balaban J connectivity index is 3.14. The van der Waals surface area contributed by atoms with Crippen molar-refractivity contribution in [1.82, 2.24) is 4.98 Å². The van der Waals surface area contributed by atoms with E-state index in [4.69, 9.17) is 21.4 Å². The number of hydrogen-bond donors (Lipinski definition) is 1. The molecule has 0 aliphatic heterocycles. The van der Waals surface area contributed by atoms with Gasteiger partial charge in [-0.2, -0.15) is 4.39 Å². The zero-order chi connectivity index (χ0) is 9.14. The summed E-state index contributed by atoms with van der Waals surface area (Å²) in [5.74, 6) is -1.44. The number of halogens is 2. The van der Waals surface area contributed by atoms with Crippen LogP contribution in [0.3, 0.4) is 0 Å². The summed E-state index contributed by atoms with van der Waals surface area (Å²) in [6.45, 7) is 1.93. The molecule has 0 aliphatic carbocycles. The minimum Gasteiger partial charge on any atom is -0.503 e. The van der Waals surface area contributed by atoms with Crippen molar-refractivity contribution >= 4 is 11.6 Å². The lowest BCUT2D eigenvalue weighted by atomic mass is 10.4. The van der Waals surface area contributed by atoms with Crippen molar-refractivity contribution in [2.45, 2.75) is 6.92 Å². The Kier molecular flexibility index (Phi) is 2.70. The van der Waals surface area contributed by atoms with Gasteiger partial charge in [0.1, 0.15) is 0 Å². The zero-order valence-corrected chi connectivity index (χ0v) is 7.10. The minimum atomic E-state index is -0.835. The van der Waals surface area contributed by atoms with Crippen LogP contribution in [0.4, 0.5) is 4.39 Å². The number of pyridine rings is 1. The van der Waals surface area contributed by atoms with Gasteiger partial charge in [0.2, 0.25) is 11.6 Å². The number of ether oxygens (including phenoxy) is 1. The van der Waals surface area contributed by atoms with Crippen molar-refractivity contribution < 1.29 is 14.2 Å². The third-order valence-electron chi connectivity index (χ3n) is 1.20. The van der Waals surface area contributed by atoms with E-state index in [1.54, 1.807) is 6.92 Å². The molecule has 0 bridgehead atoms. The zero-order valence-electron chi connectivity index (χ0n) is 6.34. The number of aromatic hydroxyl groups is 1. The van der Waals surface area contributed by atoms with Gasteiger partial charge in [0, 0.05) is 0 Å². The van der Waals surface area contributed by atoms with Gasteiger partial charge in [0.15, 0.2) is 10.9 Å². The first kappa shape index (κ1) is 9.06. The van der Waals surface area contributed by atoms with E-state index in [1.807, 2.05) is 0 Å². The average molecular weight is 192 g/mol. The Labute approximate surface area is 73.8 Å². The first-order valence-corrected chi connectivity index (χ1v) is 3.70. The predicted octanol–water partition coefficient (Wildman–Crippen LogP) is 1.98. The maximum atomic E-state index is 13.0. The molecule has 5 heteroatoms. The van der Waals surface area contributed by atoms with Crippen molar-refractivity contribution in [3.8, 4) is 11.5 Å². The number of hydrogen-bond acceptors (Lipinski definition) is 3. The maximum absolute atomic E-state index is 13.0. The largest absolute Gasteiger partial charge is 0.503 e. The van der Waals surface area contributed by atoms with Crippen LogP contribution in [0, 0.1) is 5.82 Å². The van der Waals surface area contributed by atoms with Crippen molar-refractivity contribution in [1.29, 1.82) is 0 Å². The van der Waals surface area contributed by atoms with Gasteiger partial charge in [-0.1, -0.05) is 11.6 Å². The summed E-state index contributed by atoms with van der Waals surface area (Å²) in [6, 6.07) is 0. The van der Waals surface area contributed by atoms with E-state index in [0.717, 1.165) is 6.20 Å². The highest BCUT2D eigenvalue weighted by molar-refractivity contribution is 6.29. The molecule has 0 aliphatic rings. The predicted molar refractivity (Wildman–Crippen MR) is 42.0 cm³/mol. The van der Waals surface area contributed by atoms with Crippen LogP contribution in [-0.2, 0) is 0 Å². The summed E-state index contributed by atoms with van der Waals surface area (Å²) >= 11 is 5.34. The molecule has 0 spiro atoms. The van der Waals surface area contributed by atoms with Gasteiger partial charge in [0.25, 0.3) is 0 Å². The Morgan fingerprint density at radius 2 is 2.42 bits per heavy atom. The maximum Gasteiger partial charge on any atom is 0.206 e. The molecule has 0 amide bonds. The molecule has 1 heterocycles. The Bertz CT molecular complexity index is 293. The third-order valence-corrected chi connectivity index (χ3v) is 1.47. The van der Waals surface area contributed by atoms with Gasteiger partial charge in [-0.05, 0) is 6.92 Å². The quantitative estimate of drug-likeness (QED) is 0.727. The van der Waals surface area contributed by atoms with E-state index in [0.29, 0.717) is 0 Å². The molecular formula is C7H7ClFNO2. The van der Waals surface area contributed by atoms with Crippen molar-refractivity contribution in [2.24, 2.45) is 0 Å². The van der Waals surface area contributed by atoms with E-state index in [9.17, 15) is 4.39 Å². The van der Waals surface area contributed by atoms with Gasteiger partial charge in [-0.15, -0.1) is 0 Å².